The van der Waals surface area contributed by atoms with Crippen molar-refractivity contribution in [3.63, 3.8) is 0 Å². The second-order valence-electron chi connectivity index (χ2n) is 4.83. The van der Waals surface area contributed by atoms with Crippen molar-refractivity contribution in [2.45, 2.75) is 19.8 Å². The highest BCUT2D eigenvalue weighted by atomic mass is 79.9. The lowest BCUT2D eigenvalue weighted by Gasteiger charge is -2.12. The maximum absolute atomic E-state index is 9.18. The van der Waals surface area contributed by atoms with E-state index in [4.69, 9.17) is 0 Å². The first-order chi connectivity index (χ1) is 10.0. The summed E-state index contributed by atoms with van der Waals surface area (Å²) in [4.78, 5) is 8.91. The quantitative estimate of drug-likeness (QED) is 0.875. The Kier molecular flexibility index (Phi) is 4.76. The smallest absolute Gasteiger partial charge is 0.136 e. The molecule has 21 heavy (non-hydrogen) atoms. The summed E-state index contributed by atoms with van der Waals surface area (Å²) in [5.41, 5.74) is 1.27. The number of nitrogens with zero attached hydrogens (tertiary/aromatic N) is 3. The standard InChI is InChI=1S/C15H16BrN5/c1-9(2)15-20-13(18-3)7-14(21-15)19-12-6-11(16)5-4-10(12)8-17/h4-7,9H,1-3H3,(H2,18,19,20,21). The van der Waals surface area contributed by atoms with Crippen LogP contribution in [0.3, 0.4) is 0 Å². The van der Waals surface area contributed by atoms with Gasteiger partial charge in [0.1, 0.15) is 23.5 Å². The number of hydrogen-bond acceptors (Lipinski definition) is 5. The van der Waals surface area contributed by atoms with Gasteiger partial charge in [0.05, 0.1) is 11.3 Å². The zero-order valence-corrected chi connectivity index (χ0v) is 13.7. The van der Waals surface area contributed by atoms with Crippen LogP contribution >= 0.6 is 15.9 Å². The van der Waals surface area contributed by atoms with Gasteiger partial charge >= 0.3 is 0 Å². The molecule has 0 unspecified atom stereocenters. The topological polar surface area (TPSA) is 73.6 Å². The second-order valence-corrected chi connectivity index (χ2v) is 5.74. The van der Waals surface area contributed by atoms with E-state index in [1.807, 2.05) is 39.1 Å². The van der Waals surface area contributed by atoms with Crippen molar-refractivity contribution in [2.24, 2.45) is 0 Å². The maximum atomic E-state index is 9.18. The fraction of sp³-hybridized carbons (Fsp3) is 0.267. The minimum absolute atomic E-state index is 0.219. The third-order valence-corrected chi connectivity index (χ3v) is 3.37. The van der Waals surface area contributed by atoms with Crippen molar-refractivity contribution in [3.05, 3.63) is 40.1 Å². The lowest BCUT2D eigenvalue weighted by atomic mass is 10.2. The molecular weight excluding hydrogens is 330 g/mol. The Morgan fingerprint density at radius 3 is 2.52 bits per heavy atom. The molecule has 6 heteroatoms. The summed E-state index contributed by atoms with van der Waals surface area (Å²) in [6.07, 6.45) is 0. The van der Waals surface area contributed by atoms with Crippen LogP contribution in [-0.4, -0.2) is 17.0 Å². The van der Waals surface area contributed by atoms with Gasteiger partial charge in [-0.05, 0) is 18.2 Å². The highest BCUT2D eigenvalue weighted by molar-refractivity contribution is 9.10. The molecule has 0 radical (unpaired) electrons. The molecule has 0 aliphatic rings. The molecule has 1 aromatic heterocycles. The summed E-state index contributed by atoms with van der Waals surface area (Å²) < 4.78 is 0.899. The van der Waals surface area contributed by atoms with Gasteiger partial charge in [-0.2, -0.15) is 5.26 Å². The number of aromatic nitrogens is 2. The molecule has 0 saturated heterocycles. The summed E-state index contributed by atoms with van der Waals surface area (Å²) in [6.45, 7) is 4.08. The monoisotopic (exact) mass is 345 g/mol. The molecule has 5 nitrogen and oxygen atoms in total. The number of benzene rings is 1. The first kappa shape index (κ1) is 15.3. The summed E-state index contributed by atoms with van der Waals surface area (Å²) >= 11 is 3.41. The minimum atomic E-state index is 0.219. The molecule has 1 heterocycles. The Labute approximate surface area is 132 Å². The lowest BCUT2D eigenvalue weighted by molar-refractivity contribution is 0.778. The van der Waals surface area contributed by atoms with Gasteiger partial charge in [0.25, 0.3) is 0 Å². The van der Waals surface area contributed by atoms with Crippen LogP contribution in [0, 0.1) is 11.3 Å². The van der Waals surface area contributed by atoms with Crippen molar-refractivity contribution >= 4 is 33.3 Å². The zero-order chi connectivity index (χ0) is 15.4. The molecule has 0 spiro atoms. The van der Waals surface area contributed by atoms with E-state index in [0.717, 1.165) is 16.1 Å². The van der Waals surface area contributed by atoms with Gasteiger partial charge < -0.3 is 10.6 Å². The molecule has 108 valence electrons. The van der Waals surface area contributed by atoms with Gasteiger partial charge in [0.15, 0.2) is 0 Å². The summed E-state index contributed by atoms with van der Waals surface area (Å²) in [7, 11) is 1.82. The van der Waals surface area contributed by atoms with Gasteiger partial charge in [-0.15, -0.1) is 0 Å². The summed E-state index contributed by atoms with van der Waals surface area (Å²) in [5.74, 6) is 2.37. The van der Waals surface area contributed by atoms with Gasteiger partial charge in [-0.25, -0.2) is 9.97 Å². The van der Waals surface area contributed by atoms with E-state index in [1.165, 1.54) is 0 Å². The maximum Gasteiger partial charge on any atom is 0.136 e. The van der Waals surface area contributed by atoms with Gasteiger partial charge in [-0.1, -0.05) is 29.8 Å². The van der Waals surface area contributed by atoms with E-state index in [-0.39, 0.29) is 5.92 Å². The summed E-state index contributed by atoms with van der Waals surface area (Å²) in [6, 6.07) is 9.43. The van der Waals surface area contributed by atoms with Crippen molar-refractivity contribution in [2.75, 3.05) is 17.7 Å². The molecule has 1 aromatic carbocycles. The molecular formula is C15H16BrN5. The number of rotatable bonds is 4. The van der Waals surface area contributed by atoms with Crippen LogP contribution in [0.4, 0.5) is 17.3 Å². The Morgan fingerprint density at radius 2 is 1.90 bits per heavy atom. The van der Waals surface area contributed by atoms with Crippen LogP contribution in [0.15, 0.2) is 28.7 Å². The Balaban J connectivity index is 2.42. The highest BCUT2D eigenvalue weighted by Crippen LogP contribution is 2.25. The van der Waals surface area contributed by atoms with Gasteiger partial charge in [0, 0.05) is 23.5 Å². The molecule has 0 aliphatic carbocycles. The normalized spacial score (nSPS) is 10.3. The van der Waals surface area contributed by atoms with Crippen molar-refractivity contribution in [3.8, 4) is 6.07 Å². The minimum Gasteiger partial charge on any atom is -0.373 e. The third-order valence-electron chi connectivity index (χ3n) is 2.88. The number of anilines is 3. The molecule has 2 N–H and O–H groups in total. The first-order valence-electron chi connectivity index (χ1n) is 6.57. The first-order valence-corrected chi connectivity index (χ1v) is 7.36. The van der Waals surface area contributed by atoms with E-state index in [2.05, 4.69) is 42.6 Å². The van der Waals surface area contributed by atoms with Crippen LogP contribution in [0.1, 0.15) is 31.2 Å². The number of hydrogen-bond donors (Lipinski definition) is 2. The third kappa shape index (κ3) is 3.70. The van der Waals surface area contributed by atoms with Crippen LogP contribution in [0.2, 0.25) is 0 Å². The summed E-state index contributed by atoms with van der Waals surface area (Å²) in [5, 5.41) is 15.4. The average Bonchev–Trinajstić information content (AvgIpc) is 2.47. The van der Waals surface area contributed by atoms with Gasteiger partial charge in [-0.3, -0.25) is 0 Å². The number of halogens is 1. The van der Waals surface area contributed by atoms with Crippen molar-refractivity contribution in [1.82, 2.24) is 9.97 Å². The Bertz CT molecular complexity index is 691. The highest BCUT2D eigenvalue weighted by Gasteiger charge is 2.09. The van der Waals surface area contributed by atoms with Crippen LogP contribution in [0.25, 0.3) is 0 Å². The fourth-order valence-electron chi connectivity index (χ4n) is 1.77. The largest absolute Gasteiger partial charge is 0.373 e. The lowest BCUT2D eigenvalue weighted by Crippen LogP contribution is -2.05. The molecule has 0 saturated carbocycles. The Morgan fingerprint density at radius 1 is 1.19 bits per heavy atom. The van der Waals surface area contributed by atoms with Crippen molar-refractivity contribution < 1.29 is 0 Å². The van der Waals surface area contributed by atoms with Crippen molar-refractivity contribution in [1.29, 1.82) is 5.26 Å². The number of nitriles is 1. The van der Waals surface area contributed by atoms with E-state index in [1.54, 1.807) is 6.07 Å². The second kappa shape index (κ2) is 6.55. The predicted molar refractivity (Wildman–Crippen MR) is 87.8 cm³/mol. The molecule has 2 rings (SSSR count). The fourth-order valence-corrected chi connectivity index (χ4v) is 2.13. The van der Waals surface area contributed by atoms with Crippen LogP contribution in [0.5, 0.6) is 0 Å². The molecule has 0 amide bonds. The van der Waals surface area contributed by atoms with E-state index >= 15 is 0 Å². The average molecular weight is 346 g/mol. The molecule has 0 atom stereocenters. The molecule has 0 bridgehead atoms. The van der Waals surface area contributed by atoms with E-state index in [0.29, 0.717) is 17.1 Å². The van der Waals surface area contributed by atoms with Crippen LogP contribution in [-0.2, 0) is 0 Å². The zero-order valence-electron chi connectivity index (χ0n) is 12.1. The molecule has 2 aromatic rings. The predicted octanol–water partition coefficient (Wildman–Crippen LogP) is 4.02. The molecule has 0 aliphatic heterocycles. The SMILES string of the molecule is CNc1cc(Nc2cc(Br)ccc2C#N)nc(C(C)C)n1. The molecule has 0 fully saturated rings. The number of nitrogens with one attached hydrogen (secondary N) is 2. The van der Waals surface area contributed by atoms with Crippen LogP contribution < -0.4 is 10.6 Å². The Hall–Kier alpha value is -2.13. The van der Waals surface area contributed by atoms with E-state index in [9.17, 15) is 5.26 Å². The van der Waals surface area contributed by atoms with E-state index < -0.39 is 0 Å². The van der Waals surface area contributed by atoms with Gasteiger partial charge in [0.2, 0.25) is 0 Å².